The SMILES string of the molecule is Cc1cccc(NS(=O)(=O)c2cccc(C(=O)NCCc3ccccn3)c2)c1. The molecule has 144 valence electrons. The van der Waals surface area contributed by atoms with E-state index in [0.717, 1.165) is 11.3 Å². The van der Waals surface area contributed by atoms with Gasteiger partial charge in [0.15, 0.2) is 0 Å². The Bertz CT molecular complexity index is 1070. The van der Waals surface area contributed by atoms with Gasteiger partial charge >= 0.3 is 0 Å². The lowest BCUT2D eigenvalue weighted by molar-refractivity contribution is 0.0954. The third kappa shape index (κ3) is 5.17. The van der Waals surface area contributed by atoms with Crippen LogP contribution in [0.25, 0.3) is 0 Å². The summed E-state index contributed by atoms with van der Waals surface area (Å²) in [6.45, 7) is 2.29. The second kappa shape index (κ2) is 8.67. The molecule has 0 aliphatic rings. The summed E-state index contributed by atoms with van der Waals surface area (Å²) >= 11 is 0. The number of hydrogen-bond acceptors (Lipinski definition) is 4. The van der Waals surface area contributed by atoms with Crippen molar-refractivity contribution in [3.05, 3.63) is 89.7 Å². The van der Waals surface area contributed by atoms with Crippen LogP contribution < -0.4 is 10.0 Å². The third-order valence-electron chi connectivity index (χ3n) is 4.07. The van der Waals surface area contributed by atoms with Gasteiger partial charge in [0.25, 0.3) is 15.9 Å². The number of benzene rings is 2. The molecule has 0 saturated heterocycles. The number of nitrogens with one attached hydrogen (secondary N) is 2. The molecule has 1 aromatic heterocycles. The molecule has 6 nitrogen and oxygen atoms in total. The van der Waals surface area contributed by atoms with Crippen molar-refractivity contribution in [3.63, 3.8) is 0 Å². The largest absolute Gasteiger partial charge is 0.352 e. The number of pyridine rings is 1. The van der Waals surface area contributed by atoms with Crippen molar-refractivity contribution in [2.75, 3.05) is 11.3 Å². The van der Waals surface area contributed by atoms with Crippen molar-refractivity contribution < 1.29 is 13.2 Å². The smallest absolute Gasteiger partial charge is 0.261 e. The molecule has 0 bridgehead atoms. The predicted molar refractivity (Wildman–Crippen MR) is 109 cm³/mol. The molecule has 0 unspecified atom stereocenters. The van der Waals surface area contributed by atoms with E-state index >= 15 is 0 Å². The Morgan fingerprint density at radius 1 is 1.00 bits per heavy atom. The topological polar surface area (TPSA) is 88.2 Å². The van der Waals surface area contributed by atoms with Gasteiger partial charge in [0.05, 0.1) is 4.90 Å². The Kier molecular flexibility index (Phi) is 6.06. The molecule has 0 spiro atoms. The monoisotopic (exact) mass is 395 g/mol. The van der Waals surface area contributed by atoms with Gasteiger partial charge in [0.1, 0.15) is 0 Å². The lowest BCUT2D eigenvalue weighted by atomic mass is 10.2. The minimum atomic E-state index is -3.79. The van der Waals surface area contributed by atoms with Crippen molar-refractivity contribution in [2.45, 2.75) is 18.2 Å². The molecule has 3 aromatic rings. The number of anilines is 1. The summed E-state index contributed by atoms with van der Waals surface area (Å²) in [5.74, 6) is -0.330. The minimum Gasteiger partial charge on any atom is -0.352 e. The number of amides is 1. The maximum Gasteiger partial charge on any atom is 0.261 e. The fourth-order valence-electron chi connectivity index (χ4n) is 2.68. The number of aryl methyl sites for hydroxylation is 1. The first kappa shape index (κ1) is 19.6. The zero-order chi connectivity index (χ0) is 20.0. The molecule has 7 heteroatoms. The number of carbonyl (C=O) groups is 1. The summed E-state index contributed by atoms with van der Waals surface area (Å²) in [5.41, 5.74) is 2.58. The van der Waals surface area contributed by atoms with Crippen LogP contribution in [-0.2, 0) is 16.4 Å². The van der Waals surface area contributed by atoms with E-state index in [1.807, 2.05) is 31.2 Å². The fourth-order valence-corrected chi connectivity index (χ4v) is 3.77. The highest BCUT2D eigenvalue weighted by molar-refractivity contribution is 7.92. The van der Waals surface area contributed by atoms with Crippen LogP contribution in [0.4, 0.5) is 5.69 Å². The van der Waals surface area contributed by atoms with E-state index in [-0.39, 0.29) is 16.4 Å². The van der Waals surface area contributed by atoms with E-state index in [4.69, 9.17) is 0 Å². The predicted octanol–water partition coefficient (Wildman–Crippen LogP) is 3.16. The van der Waals surface area contributed by atoms with Gasteiger partial charge in [-0.3, -0.25) is 14.5 Å². The first-order valence-corrected chi connectivity index (χ1v) is 10.3. The normalized spacial score (nSPS) is 11.0. The lowest BCUT2D eigenvalue weighted by Gasteiger charge is -2.10. The number of carbonyl (C=O) groups excluding carboxylic acids is 1. The highest BCUT2D eigenvalue weighted by Crippen LogP contribution is 2.18. The number of hydrogen-bond donors (Lipinski definition) is 2. The van der Waals surface area contributed by atoms with E-state index in [1.165, 1.54) is 12.1 Å². The molecule has 0 saturated carbocycles. The van der Waals surface area contributed by atoms with Gasteiger partial charge in [-0.1, -0.05) is 24.3 Å². The van der Waals surface area contributed by atoms with Crippen molar-refractivity contribution in [2.24, 2.45) is 0 Å². The minimum absolute atomic E-state index is 0.0337. The molecule has 1 heterocycles. The number of rotatable bonds is 7. The van der Waals surface area contributed by atoms with Gasteiger partial charge in [0, 0.05) is 36.1 Å². The Balaban J connectivity index is 1.67. The quantitative estimate of drug-likeness (QED) is 0.643. The van der Waals surface area contributed by atoms with Crippen LogP contribution in [0.1, 0.15) is 21.6 Å². The van der Waals surface area contributed by atoms with E-state index in [9.17, 15) is 13.2 Å². The van der Waals surface area contributed by atoms with Crippen LogP contribution in [0.5, 0.6) is 0 Å². The first-order chi connectivity index (χ1) is 13.4. The molecule has 0 fully saturated rings. The molecule has 28 heavy (non-hydrogen) atoms. The number of aromatic nitrogens is 1. The second-order valence-electron chi connectivity index (χ2n) is 6.33. The molecule has 0 atom stereocenters. The van der Waals surface area contributed by atoms with E-state index < -0.39 is 10.0 Å². The van der Waals surface area contributed by atoms with Gasteiger partial charge in [-0.25, -0.2) is 8.42 Å². The summed E-state index contributed by atoms with van der Waals surface area (Å²) < 4.78 is 27.8. The van der Waals surface area contributed by atoms with E-state index in [2.05, 4.69) is 15.0 Å². The molecule has 0 aliphatic heterocycles. The molecule has 3 rings (SSSR count). The van der Waals surface area contributed by atoms with E-state index in [0.29, 0.717) is 18.7 Å². The van der Waals surface area contributed by atoms with Crippen molar-refractivity contribution in [1.82, 2.24) is 10.3 Å². The molecule has 2 N–H and O–H groups in total. The van der Waals surface area contributed by atoms with Crippen molar-refractivity contribution >= 4 is 21.6 Å². The summed E-state index contributed by atoms with van der Waals surface area (Å²) in [5, 5.41) is 2.79. The number of nitrogens with zero attached hydrogens (tertiary/aromatic N) is 1. The highest BCUT2D eigenvalue weighted by atomic mass is 32.2. The average molecular weight is 395 g/mol. The van der Waals surface area contributed by atoms with Gasteiger partial charge in [0.2, 0.25) is 0 Å². The highest BCUT2D eigenvalue weighted by Gasteiger charge is 2.16. The van der Waals surface area contributed by atoms with Crippen LogP contribution in [-0.4, -0.2) is 25.9 Å². The van der Waals surface area contributed by atoms with Gasteiger partial charge < -0.3 is 5.32 Å². The Labute approximate surface area is 164 Å². The maximum atomic E-state index is 12.6. The summed E-state index contributed by atoms with van der Waals surface area (Å²) in [4.78, 5) is 16.6. The van der Waals surface area contributed by atoms with Crippen LogP contribution in [0.3, 0.4) is 0 Å². The van der Waals surface area contributed by atoms with Crippen molar-refractivity contribution in [3.8, 4) is 0 Å². The zero-order valence-electron chi connectivity index (χ0n) is 15.4. The summed E-state index contributed by atoms with van der Waals surface area (Å²) in [6, 6.07) is 18.7. The standard InChI is InChI=1S/C21H21N3O3S/c1-16-6-4-9-19(14-16)24-28(26,27)20-10-5-7-17(15-20)21(25)23-13-11-18-8-2-3-12-22-18/h2-10,12,14-15,24H,11,13H2,1H3,(H,23,25). The molecular weight excluding hydrogens is 374 g/mol. The second-order valence-corrected chi connectivity index (χ2v) is 8.01. The Hall–Kier alpha value is -3.19. The van der Waals surface area contributed by atoms with E-state index in [1.54, 1.807) is 36.5 Å². The lowest BCUT2D eigenvalue weighted by Crippen LogP contribution is -2.26. The zero-order valence-corrected chi connectivity index (χ0v) is 16.2. The first-order valence-electron chi connectivity index (χ1n) is 8.82. The van der Waals surface area contributed by atoms with Crippen LogP contribution >= 0.6 is 0 Å². The number of sulfonamides is 1. The average Bonchev–Trinajstić information content (AvgIpc) is 2.68. The molecule has 1 amide bonds. The fraction of sp³-hybridized carbons (Fsp3) is 0.143. The molecule has 0 aliphatic carbocycles. The van der Waals surface area contributed by atoms with Crippen molar-refractivity contribution in [1.29, 1.82) is 0 Å². The third-order valence-corrected chi connectivity index (χ3v) is 5.45. The summed E-state index contributed by atoms with van der Waals surface area (Å²) in [6.07, 6.45) is 2.30. The molecular formula is C21H21N3O3S. The molecule has 2 aromatic carbocycles. The van der Waals surface area contributed by atoms with Crippen LogP contribution in [0.2, 0.25) is 0 Å². The maximum absolute atomic E-state index is 12.6. The van der Waals surface area contributed by atoms with Crippen LogP contribution in [0.15, 0.2) is 77.8 Å². The van der Waals surface area contributed by atoms with Gasteiger partial charge in [-0.15, -0.1) is 0 Å². The van der Waals surface area contributed by atoms with Gasteiger partial charge in [-0.2, -0.15) is 0 Å². The van der Waals surface area contributed by atoms with Gasteiger partial charge in [-0.05, 0) is 55.0 Å². The Morgan fingerprint density at radius 3 is 2.57 bits per heavy atom. The van der Waals surface area contributed by atoms with Crippen LogP contribution in [0, 0.1) is 6.92 Å². The molecule has 0 radical (unpaired) electrons. The Morgan fingerprint density at radius 2 is 1.82 bits per heavy atom. The summed E-state index contributed by atoms with van der Waals surface area (Å²) in [7, 11) is -3.79.